The zero-order chi connectivity index (χ0) is 11.6. The van der Waals surface area contributed by atoms with Gasteiger partial charge in [-0.1, -0.05) is 6.42 Å². The van der Waals surface area contributed by atoms with E-state index in [9.17, 15) is 9.90 Å². The molecule has 4 heterocycles. The summed E-state index contributed by atoms with van der Waals surface area (Å²) in [5.41, 5.74) is 0.659. The van der Waals surface area contributed by atoms with E-state index in [2.05, 4.69) is 4.90 Å². The van der Waals surface area contributed by atoms with E-state index in [0.29, 0.717) is 12.5 Å². The first-order chi connectivity index (χ1) is 8.21. The fraction of sp³-hybridized carbons (Fsp3) is 0.769. The van der Waals surface area contributed by atoms with Gasteiger partial charge in [0.2, 0.25) is 0 Å². The summed E-state index contributed by atoms with van der Waals surface area (Å²) in [5.74, 6) is -0.208. The number of hydrogen-bond acceptors (Lipinski definition) is 4. The highest BCUT2D eigenvalue weighted by atomic mass is 16.6. The molecule has 5 aliphatic rings. The van der Waals surface area contributed by atoms with Crippen LogP contribution in [0.1, 0.15) is 32.1 Å². The maximum absolute atomic E-state index is 11.6. The van der Waals surface area contributed by atoms with Gasteiger partial charge in [0.1, 0.15) is 0 Å². The van der Waals surface area contributed by atoms with E-state index >= 15 is 0 Å². The van der Waals surface area contributed by atoms with Gasteiger partial charge >= 0.3 is 5.97 Å². The molecule has 4 nitrogen and oxygen atoms in total. The summed E-state index contributed by atoms with van der Waals surface area (Å²) in [5, 5.41) is 10.2. The van der Waals surface area contributed by atoms with E-state index in [1.165, 1.54) is 12.8 Å². The lowest BCUT2D eigenvalue weighted by molar-refractivity contribution is -0.188. The molecule has 0 unspecified atom stereocenters. The molecule has 4 aliphatic heterocycles. The number of rotatable bonds is 0. The third-order valence-electron chi connectivity index (χ3n) is 5.01. The summed E-state index contributed by atoms with van der Waals surface area (Å²) in [6.07, 6.45) is 6.24. The Morgan fingerprint density at radius 1 is 1.47 bits per heavy atom. The van der Waals surface area contributed by atoms with Gasteiger partial charge in [0.05, 0.1) is 12.1 Å². The van der Waals surface area contributed by atoms with Crippen molar-refractivity contribution in [3.63, 3.8) is 0 Å². The Bertz CT molecular complexity index is 419. The van der Waals surface area contributed by atoms with Crippen molar-refractivity contribution >= 4 is 5.97 Å². The van der Waals surface area contributed by atoms with Crippen molar-refractivity contribution in [3.8, 4) is 0 Å². The van der Waals surface area contributed by atoms with E-state index in [-0.39, 0.29) is 18.1 Å². The molecule has 0 aromatic carbocycles. The van der Waals surface area contributed by atoms with Gasteiger partial charge in [-0.15, -0.1) is 0 Å². The molecule has 92 valence electrons. The minimum Gasteiger partial charge on any atom is -0.450 e. The molecule has 0 amide bonds. The van der Waals surface area contributed by atoms with Crippen molar-refractivity contribution in [2.75, 3.05) is 6.54 Å². The van der Waals surface area contributed by atoms with Gasteiger partial charge in [-0.05, 0) is 31.4 Å². The molecule has 1 N–H and O–H groups in total. The Kier molecular flexibility index (Phi) is 1.85. The van der Waals surface area contributed by atoms with Crippen molar-refractivity contribution in [3.05, 3.63) is 11.6 Å². The first-order valence-corrected chi connectivity index (χ1v) is 6.58. The van der Waals surface area contributed by atoms with Gasteiger partial charge in [0.15, 0.2) is 5.60 Å². The summed E-state index contributed by atoms with van der Waals surface area (Å²) < 4.78 is 5.65. The van der Waals surface area contributed by atoms with Crippen LogP contribution < -0.4 is 0 Å². The van der Waals surface area contributed by atoms with Crippen LogP contribution in [0.3, 0.4) is 0 Å². The van der Waals surface area contributed by atoms with Crippen molar-refractivity contribution < 1.29 is 14.6 Å². The van der Waals surface area contributed by atoms with Crippen LogP contribution in [-0.4, -0.2) is 46.3 Å². The maximum atomic E-state index is 11.6. The Morgan fingerprint density at radius 2 is 2.35 bits per heavy atom. The van der Waals surface area contributed by atoms with Gasteiger partial charge in [0.25, 0.3) is 0 Å². The lowest BCUT2D eigenvalue weighted by atomic mass is 9.64. The zero-order valence-corrected chi connectivity index (χ0v) is 9.76. The van der Waals surface area contributed by atoms with E-state index in [1.807, 2.05) is 0 Å². The molecule has 4 fully saturated rings. The van der Waals surface area contributed by atoms with Crippen LogP contribution in [0.5, 0.6) is 0 Å². The van der Waals surface area contributed by atoms with E-state index < -0.39 is 5.60 Å². The molecular formula is C13H17NO3. The average Bonchev–Trinajstić information content (AvgIpc) is 2.64. The third-order valence-corrected chi connectivity index (χ3v) is 5.01. The Morgan fingerprint density at radius 3 is 3.24 bits per heavy atom. The van der Waals surface area contributed by atoms with Crippen LogP contribution in [0.25, 0.3) is 0 Å². The van der Waals surface area contributed by atoms with Crippen molar-refractivity contribution in [1.82, 2.24) is 4.90 Å². The van der Waals surface area contributed by atoms with Crippen LogP contribution in [0.15, 0.2) is 11.6 Å². The molecule has 1 aliphatic carbocycles. The summed E-state index contributed by atoms with van der Waals surface area (Å²) in [4.78, 5) is 14.0. The summed E-state index contributed by atoms with van der Waals surface area (Å²) in [6, 6.07) is 0.527. The number of esters is 1. The fourth-order valence-electron chi connectivity index (χ4n) is 4.36. The average molecular weight is 235 g/mol. The van der Waals surface area contributed by atoms with Gasteiger partial charge in [-0.2, -0.15) is 0 Å². The Hall–Kier alpha value is -0.870. The lowest BCUT2D eigenvalue weighted by Crippen LogP contribution is -2.71. The quantitative estimate of drug-likeness (QED) is 0.625. The number of hydrogen-bond donors (Lipinski definition) is 1. The van der Waals surface area contributed by atoms with Crippen LogP contribution >= 0.6 is 0 Å². The predicted molar refractivity (Wildman–Crippen MR) is 60.3 cm³/mol. The summed E-state index contributed by atoms with van der Waals surface area (Å²) >= 11 is 0. The molecule has 1 saturated carbocycles. The second kappa shape index (κ2) is 3.12. The van der Waals surface area contributed by atoms with Crippen LogP contribution in [0, 0.1) is 0 Å². The zero-order valence-electron chi connectivity index (χ0n) is 9.76. The number of carbonyl (C=O) groups is 1. The molecule has 2 bridgehead atoms. The third kappa shape index (κ3) is 1.13. The topological polar surface area (TPSA) is 49.8 Å². The lowest BCUT2D eigenvalue weighted by Gasteiger charge is -2.60. The fourth-order valence-corrected chi connectivity index (χ4v) is 4.36. The number of fused-ring (bicyclic) bond motifs is 1. The number of nitrogens with zero attached hydrogens (tertiary/aromatic N) is 1. The first kappa shape index (κ1) is 10.1. The number of aliphatic hydroxyl groups is 1. The van der Waals surface area contributed by atoms with E-state index in [0.717, 1.165) is 25.0 Å². The SMILES string of the molecule is O=C1C=C2C[C@H]3[C@H](O)C[C@]2(O1)[C@@H]1CCCCN13. The summed E-state index contributed by atoms with van der Waals surface area (Å²) in [7, 11) is 0. The highest BCUT2D eigenvalue weighted by molar-refractivity contribution is 5.87. The number of ether oxygens (including phenoxy) is 1. The molecule has 1 spiro atoms. The van der Waals surface area contributed by atoms with Crippen LogP contribution in [-0.2, 0) is 9.53 Å². The molecule has 5 rings (SSSR count). The van der Waals surface area contributed by atoms with Gasteiger partial charge in [-0.3, -0.25) is 4.90 Å². The van der Waals surface area contributed by atoms with Gasteiger partial charge in [-0.25, -0.2) is 4.79 Å². The van der Waals surface area contributed by atoms with Crippen LogP contribution in [0.4, 0.5) is 0 Å². The molecule has 0 aromatic heterocycles. The second-order valence-electron chi connectivity index (χ2n) is 5.77. The first-order valence-electron chi connectivity index (χ1n) is 6.58. The van der Waals surface area contributed by atoms with Crippen LogP contribution in [0.2, 0.25) is 0 Å². The molecule has 4 atom stereocenters. The smallest absolute Gasteiger partial charge is 0.331 e. The van der Waals surface area contributed by atoms with Crippen molar-refractivity contribution in [2.24, 2.45) is 0 Å². The Labute approximate surface area is 100 Å². The largest absolute Gasteiger partial charge is 0.450 e. The number of piperidine rings is 3. The van der Waals surface area contributed by atoms with Crippen molar-refractivity contribution in [1.29, 1.82) is 0 Å². The number of carbonyl (C=O) groups excluding carboxylic acids is 1. The maximum Gasteiger partial charge on any atom is 0.331 e. The molecule has 0 radical (unpaired) electrons. The van der Waals surface area contributed by atoms with Gasteiger partial charge in [0, 0.05) is 18.5 Å². The predicted octanol–water partition coefficient (Wildman–Crippen LogP) is 0.600. The minimum absolute atomic E-state index is 0.208. The molecule has 17 heavy (non-hydrogen) atoms. The minimum atomic E-state index is -0.480. The molecule has 3 saturated heterocycles. The van der Waals surface area contributed by atoms with E-state index in [4.69, 9.17) is 4.74 Å². The monoisotopic (exact) mass is 235 g/mol. The normalized spacial score (nSPS) is 48.4. The molecule has 4 heteroatoms. The molecular weight excluding hydrogens is 218 g/mol. The second-order valence-corrected chi connectivity index (χ2v) is 5.77. The van der Waals surface area contributed by atoms with Crippen molar-refractivity contribution in [2.45, 2.75) is 55.9 Å². The van der Waals surface area contributed by atoms with E-state index in [1.54, 1.807) is 6.08 Å². The standard InChI is InChI=1S/C13H17NO3/c15-10-7-13-8(6-12(16)17-13)5-9(10)14-4-2-1-3-11(13)14/h6,9-11,15H,1-5,7H2/t9-,10+,11-,13+/m0/s1. The highest BCUT2D eigenvalue weighted by Gasteiger charge is 2.62. The molecule has 0 aromatic rings. The van der Waals surface area contributed by atoms with Gasteiger partial charge < -0.3 is 9.84 Å². The summed E-state index contributed by atoms with van der Waals surface area (Å²) in [6.45, 7) is 1.04. The number of aliphatic hydroxyl groups excluding tert-OH is 1. The highest BCUT2D eigenvalue weighted by Crippen LogP contribution is 2.53. The Balaban J connectivity index is 1.82.